The van der Waals surface area contributed by atoms with Crippen LogP contribution in [0.3, 0.4) is 0 Å². The van der Waals surface area contributed by atoms with E-state index in [9.17, 15) is 9.59 Å². The van der Waals surface area contributed by atoms with Gasteiger partial charge in [-0.2, -0.15) is 0 Å². The summed E-state index contributed by atoms with van der Waals surface area (Å²) in [6, 6.07) is 2.97. The van der Waals surface area contributed by atoms with Gasteiger partial charge in [0.15, 0.2) is 0 Å². The van der Waals surface area contributed by atoms with E-state index in [2.05, 4.69) is 4.98 Å². The minimum Gasteiger partial charge on any atom is -0.289 e. The molecule has 5 nitrogen and oxygen atoms in total. The molecule has 1 aromatic rings. The zero-order chi connectivity index (χ0) is 8.97. The second-order valence-electron chi connectivity index (χ2n) is 1.98. The van der Waals surface area contributed by atoms with Crippen LogP contribution in [0.2, 0.25) is 0 Å². The van der Waals surface area contributed by atoms with Crippen molar-refractivity contribution in [3.63, 3.8) is 0 Å². The van der Waals surface area contributed by atoms with Crippen LogP contribution in [0.4, 0.5) is 0 Å². The van der Waals surface area contributed by atoms with Crippen molar-refractivity contribution < 1.29 is 9.59 Å². The number of pyridine rings is 1. The van der Waals surface area contributed by atoms with E-state index in [0.29, 0.717) is 0 Å². The molecule has 0 aliphatic heterocycles. The first kappa shape index (κ1) is 8.35. The first-order valence-corrected chi connectivity index (χ1v) is 3.13. The molecule has 0 unspecified atom stereocenters. The van der Waals surface area contributed by atoms with Gasteiger partial charge in [-0.15, -0.1) is 0 Å². The van der Waals surface area contributed by atoms with E-state index in [1.54, 1.807) is 6.29 Å². The first-order valence-electron chi connectivity index (χ1n) is 3.13. The van der Waals surface area contributed by atoms with Crippen LogP contribution in [0.15, 0.2) is 18.3 Å². The number of nitrogens with one attached hydrogen (secondary N) is 1. The molecule has 1 rings (SSSR count). The summed E-state index contributed by atoms with van der Waals surface area (Å²) in [5.41, 5.74) is 1.95. The van der Waals surface area contributed by atoms with Crippen LogP contribution in [0.25, 0.3) is 0 Å². The normalized spacial score (nSPS) is 9.08. The quantitative estimate of drug-likeness (QED) is 0.338. The van der Waals surface area contributed by atoms with Gasteiger partial charge >= 0.3 is 0 Å². The summed E-state index contributed by atoms with van der Waals surface area (Å²) in [6.07, 6.45) is 2.98. The topological polar surface area (TPSA) is 85.1 Å². The van der Waals surface area contributed by atoms with Gasteiger partial charge in [0.2, 0.25) is 6.29 Å². The van der Waals surface area contributed by atoms with E-state index >= 15 is 0 Å². The van der Waals surface area contributed by atoms with Gasteiger partial charge in [0, 0.05) is 6.20 Å². The lowest BCUT2D eigenvalue weighted by atomic mass is 10.2. The number of hydrogen-bond donors (Lipinski definition) is 2. The highest BCUT2D eigenvalue weighted by atomic mass is 16.2. The SMILES string of the molecule is NNC(=O)c1ncccc1[C]=O. The van der Waals surface area contributed by atoms with Crippen molar-refractivity contribution in [2.24, 2.45) is 5.84 Å². The van der Waals surface area contributed by atoms with E-state index in [-0.39, 0.29) is 11.3 Å². The lowest BCUT2D eigenvalue weighted by molar-refractivity contribution is 0.0948. The first-order chi connectivity index (χ1) is 5.79. The molecule has 1 heterocycles. The van der Waals surface area contributed by atoms with E-state index in [4.69, 9.17) is 5.84 Å². The van der Waals surface area contributed by atoms with Crippen molar-refractivity contribution in [1.82, 2.24) is 10.4 Å². The van der Waals surface area contributed by atoms with Gasteiger partial charge in [0.25, 0.3) is 5.91 Å². The Morgan fingerprint density at radius 1 is 1.67 bits per heavy atom. The Morgan fingerprint density at radius 3 is 3.00 bits per heavy atom. The number of nitrogen functional groups attached to an aromatic ring is 1. The van der Waals surface area contributed by atoms with Crippen molar-refractivity contribution in [2.75, 3.05) is 0 Å². The third-order valence-corrected chi connectivity index (χ3v) is 1.26. The highest BCUT2D eigenvalue weighted by molar-refractivity contribution is 5.99. The van der Waals surface area contributed by atoms with Crippen LogP contribution >= 0.6 is 0 Å². The van der Waals surface area contributed by atoms with Crippen molar-refractivity contribution in [1.29, 1.82) is 0 Å². The maximum atomic E-state index is 10.9. The second kappa shape index (κ2) is 3.59. The van der Waals surface area contributed by atoms with Crippen LogP contribution in [0.5, 0.6) is 0 Å². The molecule has 0 aromatic carbocycles. The molecule has 3 N–H and O–H groups in total. The number of rotatable bonds is 2. The molecule has 0 fully saturated rings. The molecule has 0 bridgehead atoms. The summed E-state index contributed by atoms with van der Waals surface area (Å²) < 4.78 is 0. The van der Waals surface area contributed by atoms with Crippen molar-refractivity contribution in [2.45, 2.75) is 0 Å². The second-order valence-corrected chi connectivity index (χ2v) is 1.98. The number of carbonyl (C=O) groups is 1. The van der Waals surface area contributed by atoms with Gasteiger partial charge in [-0.25, -0.2) is 5.84 Å². The molecule has 5 heteroatoms. The number of carbonyl (C=O) groups excluding carboxylic acids is 2. The number of aromatic nitrogens is 1. The Labute approximate surface area is 68.6 Å². The van der Waals surface area contributed by atoms with E-state index in [1.807, 2.05) is 5.43 Å². The van der Waals surface area contributed by atoms with Crippen LogP contribution < -0.4 is 11.3 Å². The zero-order valence-corrected chi connectivity index (χ0v) is 6.07. The van der Waals surface area contributed by atoms with E-state index < -0.39 is 5.91 Å². The lowest BCUT2D eigenvalue weighted by Crippen LogP contribution is -2.31. The Hall–Kier alpha value is -1.75. The molecule has 12 heavy (non-hydrogen) atoms. The summed E-state index contributed by atoms with van der Waals surface area (Å²) in [4.78, 5) is 24.8. The van der Waals surface area contributed by atoms with Crippen molar-refractivity contribution >= 4 is 12.2 Å². The number of amides is 1. The Morgan fingerprint density at radius 2 is 2.42 bits per heavy atom. The molecule has 0 atom stereocenters. The highest BCUT2D eigenvalue weighted by Crippen LogP contribution is 2.00. The van der Waals surface area contributed by atoms with E-state index in [0.717, 1.165) is 0 Å². The summed E-state index contributed by atoms with van der Waals surface area (Å²) in [6.45, 7) is 0. The summed E-state index contributed by atoms with van der Waals surface area (Å²) in [7, 11) is 0. The average molecular weight is 164 g/mol. The Kier molecular flexibility index (Phi) is 2.49. The fourth-order valence-electron chi connectivity index (χ4n) is 0.737. The number of hydrazine groups is 1. The standard InChI is InChI=1S/C7H6N3O2/c8-10-7(12)6-5(4-11)2-1-3-9-6/h1-3H,8H2,(H,10,12). The average Bonchev–Trinajstić information content (AvgIpc) is 2.16. The molecule has 0 saturated carbocycles. The monoisotopic (exact) mass is 164 g/mol. The van der Waals surface area contributed by atoms with Crippen LogP contribution in [0, 0.1) is 0 Å². The third-order valence-electron chi connectivity index (χ3n) is 1.26. The molecule has 1 radical (unpaired) electrons. The lowest BCUT2D eigenvalue weighted by Gasteiger charge is -1.99. The number of nitrogens with zero attached hydrogens (tertiary/aromatic N) is 1. The molecule has 61 valence electrons. The Bertz CT molecular complexity index is 311. The predicted molar refractivity (Wildman–Crippen MR) is 40.7 cm³/mol. The zero-order valence-electron chi connectivity index (χ0n) is 6.07. The van der Waals surface area contributed by atoms with E-state index in [1.165, 1.54) is 18.3 Å². The molecule has 1 aromatic heterocycles. The smallest absolute Gasteiger partial charge is 0.284 e. The van der Waals surface area contributed by atoms with Gasteiger partial charge in [-0.05, 0) is 12.1 Å². The maximum absolute atomic E-state index is 10.9. The van der Waals surface area contributed by atoms with Crippen LogP contribution in [-0.2, 0) is 4.79 Å². The van der Waals surface area contributed by atoms with Gasteiger partial charge in [0.05, 0.1) is 5.56 Å². The fraction of sp³-hybridized carbons (Fsp3) is 0. The molecular formula is C7H6N3O2. The molecular weight excluding hydrogens is 158 g/mol. The van der Waals surface area contributed by atoms with Gasteiger partial charge < -0.3 is 0 Å². The molecule has 0 spiro atoms. The molecule has 0 saturated heterocycles. The summed E-state index contributed by atoms with van der Waals surface area (Å²) >= 11 is 0. The summed E-state index contributed by atoms with van der Waals surface area (Å²) in [5.74, 6) is 4.26. The van der Waals surface area contributed by atoms with Gasteiger partial charge in [-0.1, -0.05) is 0 Å². The van der Waals surface area contributed by atoms with Crippen LogP contribution in [0.1, 0.15) is 16.1 Å². The van der Waals surface area contributed by atoms with Gasteiger partial charge in [0.1, 0.15) is 5.69 Å². The molecule has 1 amide bonds. The number of nitrogens with two attached hydrogens (primary N) is 1. The van der Waals surface area contributed by atoms with Crippen molar-refractivity contribution in [3.05, 3.63) is 29.6 Å². The maximum Gasteiger partial charge on any atom is 0.284 e. The third kappa shape index (κ3) is 1.46. The molecule has 0 aliphatic carbocycles. The molecule has 0 aliphatic rings. The largest absolute Gasteiger partial charge is 0.289 e. The number of hydrogen-bond acceptors (Lipinski definition) is 4. The fourth-order valence-corrected chi connectivity index (χ4v) is 0.737. The van der Waals surface area contributed by atoms with Crippen LogP contribution in [-0.4, -0.2) is 17.2 Å². The minimum atomic E-state index is -0.603. The highest BCUT2D eigenvalue weighted by Gasteiger charge is 2.10. The summed E-state index contributed by atoms with van der Waals surface area (Å²) in [5, 5.41) is 0. The predicted octanol–water partition coefficient (Wildman–Crippen LogP) is -0.857. The Balaban J connectivity index is 3.13. The minimum absolute atomic E-state index is 0.0185. The van der Waals surface area contributed by atoms with Gasteiger partial charge in [-0.3, -0.25) is 20.0 Å². The van der Waals surface area contributed by atoms with Crippen molar-refractivity contribution in [3.8, 4) is 0 Å².